The van der Waals surface area contributed by atoms with Crippen LogP contribution in [0.1, 0.15) is 26.7 Å². The molecule has 1 saturated heterocycles. The van der Waals surface area contributed by atoms with Crippen molar-refractivity contribution in [2.24, 2.45) is 0 Å². The van der Waals surface area contributed by atoms with Gasteiger partial charge in [0, 0.05) is 28.4 Å². The Bertz CT molecular complexity index is 1270. The van der Waals surface area contributed by atoms with Gasteiger partial charge in [0.25, 0.3) is 0 Å². The lowest BCUT2D eigenvalue weighted by Gasteiger charge is -2.33. The van der Waals surface area contributed by atoms with E-state index in [4.69, 9.17) is 0 Å². The maximum Gasteiger partial charge on any atom is 0.233 e. The van der Waals surface area contributed by atoms with Crippen molar-refractivity contribution in [1.82, 2.24) is 15.1 Å². The first-order valence-corrected chi connectivity index (χ1v) is 13.8. The van der Waals surface area contributed by atoms with Crippen LogP contribution in [0, 0.1) is 5.82 Å². The van der Waals surface area contributed by atoms with Gasteiger partial charge in [-0.1, -0.05) is 43.0 Å². The molecule has 1 aliphatic heterocycles. The summed E-state index contributed by atoms with van der Waals surface area (Å²) >= 11 is 1.31. The normalized spacial score (nSPS) is 18.3. The summed E-state index contributed by atoms with van der Waals surface area (Å²) in [6, 6.07) is 13.5. The van der Waals surface area contributed by atoms with Gasteiger partial charge in [-0.3, -0.25) is 4.79 Å². The number of hydrogen-bond donors (Lipinski definition) is 0. The fourth-order valence-electron chi connectivity index (χ4n) is 4.21. The highest BCUT2D eigenvalue weighted by molar-refractivity contribution is 8.00. The second-order valence-electron chi connectivity index (χ2n) is 8.31. The largest absolute Gasteiger partial charge is 0.335 e. The van der Waals surface area contributed by atoms with Gasteiger partial charge in [-0.25, -0.2) is 12.8 Å². The molecule has 2 aromatic carbocycles. The summed E-state index contributed by atoms with van der Waals surface area (Å²) < 4.78 is 37.3. The Morgan fingerprint density at radius 1 is 1.15 bits per heavy atom. The molecule has 2 heterocycles. The molecule has 2 atom stereocenters. The van der Waals surface area contributed by atoms with Crippen molar-refractivity contribution in [3.05, 3.63) is 54.3 Å². The Hall–Kier alpha value is -2.52. The van der Waals surface area contributed by atoms with Crippen molar-refractivity contribution in [2.75, 3.05) is 17.3 Å². The van der Waals surface area contributed by atoms with Crippen LogP contribution in [0.3, 0.4) is 0 Å². The van der Waals surface area contributed by atoms with Gasteiger partial charge in [-0.05, 0) is 44.0 Å². The van der Waals surface area contributed by atoms with Crippen LogP contribution >= 0.6 is 11.8 Å². The Balaban J connectivity index is 1.58. The summed E-state index contributed by atoms with van der Waals surface area (Å²) in [5.74, 6) is -0.0998. The first kappa shape index (κ1) is 23.6. The molecule has 6 nitrogen and oxygen atoms in total. The van der Waals surface area contributed by atoms with E-state index in [0.717, 1.165) is 22.8 Å². The molecule has 4 rings (SSSR count). The molecule has 0 aliphatic carbocycles. The average molecular weight is 488 g/mol. The summed E-state index contributed by atoms with van der Waals surface area (Å²) in [5.41, 5.74) is 1.41. The Morgan fingerprint density at radius 3 is 2.48 bits per heavy atom. The minimum absolute atomic E-state index is 0.0306. The molecule has 0 radical (unpaired) electrons. The van der Waals surface area contributed by atoms with Crippen molar-refractivity contribution < 1.29 is 17.6 Å². The second-order valence-corrected chi connectivity index (χ2v) is 11.5. The number of sulfone groups is 1. The molecule has 33 heavy (non-hydrogen) atoms. The van der Waals surface area contributed by atoms with Crippen LogP contribution in [0.15, 0.2) is 53.6 Å². The lowest BCUT2D eigenvalue weighted by atomic mass is 10.1. The van der Waals surface area contributed by atoms with Crippen molar-refractivity contribution in [3.8, 4) is 11.3 Å². The third-order valence-corrected chi connectivity index (χ3v) is 8.78. The van der Waals surface area contributed by atoms with E-state index in [0.29, 0.717) is 17.1 Å². The van der Waals surface area contributed by atoms with E-state index in [1.54, 1.807) is 17.0 Å². The number of rotatable bonds is 7. The summed E-state index contributed by atoms with van der Waals surface area (Å²) in [4.78, 5) is 14.9. The molecule has 3 aromatic rings. The fraction of sp³-hybridized carbons (Fsp3) is 0.375. The number of hydrogen-bond acceptors (Lipinski definition) is 6. The van der Waals surface area contributed by atoms with Crippen LogP contribution in [-0.4, -0.2) is 58.8 Å². The predicted octanol–water partition coefficient (Wildman–Crippen LogP) is 4.34. The van der Waals surface area contributed by atoms with Crippen molar-refractivity contribution in [1.29, 1.82) is 0 Å². The third kappa shape index (κ3) is 5.19. The molecule has 1 fully saturated rings. The molecule has 1 amide bonds. The number of halogens is 1. The second kappa shape index (κ2) is 9.77. The summed E-state index contributed by atoms with van der Waals surface area (Å²) in [5, 5.41) is 11.1. The zero-order chi connectivity index (χ0) is 23.6. The number of aromatic nitrogens is 2. The van der Waals surface area contributed by atoms with E-state index >= 15 is 0 Å². The third-order valence-electron chi connectivity index (χ3n) is 6.06. The van der Waals surface area contributed by atoms with Crippen LogP contribution in [-0.2, 0) is 14.6 Å². The highest BCUT2D eigenvalue weighted by Gasteiger charge is 2.36. The van der Waals surface area contributed by atoms with Crippen LogP contribution in [0.4, 0.5) is 4.39 Å². The van der Waals surface area contributed by atoms with Crippen LogP contribution in [0.5, 0.6) is 0 Å². The minimum Gasteiger partial charge on any atom is -0.335 e. The van der Waals surface area contributed by atoms with Crippen LogP contribution in [0.25, 0.3) is 22.0 Å². The number of thioether (sulfide) groups is 1. The van der Waals surface area contributed by atoms with Crippen LogP contribution in [0.2, 0.25) is 0 Å². The van der Waals surface area contributed by atoms with E-state index in [1.165, 1.54) is 23.9 Å². The number of fused-ring (bicyclic) bond motifs is 1. The van der Waals surface area contributed by atoms with E-state index in [2.05, 4.69) is 10.2 Å². The molecule has 174 valence electrons. The first-order valence-electron chi connectivity index (χ1n) is 10.9. The van der Waals surface area contributed by atoms with Gasteiger partial charge in [0.1, 0.15) is 16.5 Å². The van der Waals surface area contributed by atoms with Crippen molar-refractivity contribution >= 4 is 38.3 Å². The van der Waals surface area contributed by atoms with Gasteiger partial charge in [-0.15, -0.1) is 10.2 Å². The topological polar surface area (TPSA) is 80.2 Å². The predicted molar refractivity (Wildman–Crippen MR) is 129 cm³/mol. The molecule has 0 N–H and O–H groups in total. The zero-order valence-corrected chi connectivity index (χ0v) is 20.2. The quantitative estimate of drug-likeness (QED) is 0.461. The smallest absolute Gasteiger partial charge is 0.233 e. The summed E-state index contributed by atoms with van der Waals surface area (Å²) in [6.45, 7) is 3.95. The number of amides is 1. The van der Waals surface area contributed by atoms with E-state index in [1.807, 2.05) is 38.1 Å². The first-order chi connectivity index (χ1) is 15.8. The van der Waals surface area contributed by atoms with Gasteiger partial charge in [0.15, 0.2) is 9.84 Å². The molecule has 0 saturated carbocycles. The number of carbonyl (C=O) groups excluding carboxylic acids is 1. The van der Waals surface area contributed by atoms with E-state index in [-0.39, 0.29) is 41.1 Å². The fourth-order valence-corrected chi connectivity index (χ4v) is 6.76. The molecule has 0 spiro atoms. The Morgan fingerprint density at radius 2 is 1.85 bits per heavy atom. The number of carbonyl (C=O) groups is 1. The van der Waals surface area contributed by atoms with Gasteiger partial charge in [0.05, 0.1) is 17.3 Å². The number of benzene rings is 2. The molecule has 0 bridgehead atoms. The minimum atomic E-state index is -3.09. The Kier molecular flexibility index (Phi) is 6.99. The molecular formula is C24H26FN3O3S2. The monoisotopic (exact) mass is 487 g/mol. The van der Waals surface area contributed by atoms with Gasteiger partial charge < -0.3 is 4.90 Å². The summed E-state index contributed by atoms with van der Waals surface area (Å²) in [7, 11) is -3.09. The van der Waals surface area contributed by atoms with Gasteiger partial charge in [-0.2, -0.15) is 0 Å². The lowest BCUT2D eigenvalue weighted by Crippen LogP contribution is -2.47. The molecule has 1 aromatic heterocycles. The molecule has 0 unspecified atom stereocenters. The molecule has 1 aliphatic rings. The van der Waals surface area contributed by atoms with E-state index < -0.39 is 9.84 Å². The van der Waals surface area contributed by atoms with Gasteiger partial charge in [0.2, 0.25) is 5.91 Å². The highest BCUT2D eigenvalue weighted by Crippen LogP contribution is 2.32. The van der Waals surface area contributed by atoms with Crippen molar-refractivity contribution in [2.45, 2.75) is 43.8 Å². The van der Waals surface area contributed by atoms with Gasteiger partial charge >= 0.3 is 0 Å². The molecular weight excluding hydrogens is 461 g/mol. The highest BCUT2D eigenvalue weighted by atomic mass is 32.2. The maximum atomic E-state index is 13.3. The Labute approximate surface area is 197 Å². The SMILES string of the molecule is CC[C@@H](C)N(C(=O)CSc1nnc(-c2ccc(F)cc2)c2ccccc12)[C@@H]1CCS(=O)(=O)C1. The van der Waals surface area contributed by atoms with Crippen LogP contribution < -0.4 is 0 Å². The number of nitrogens with zero attached hydrogens (tertiary/aromatic N) is 3. The maximum absolute atomic E-state index is 13.3. The standard InChI is InChI=1S/C24H26FN3O3S2/c1-3-16(2)28(19-12-13-33(30,31)15-19)22(29)14-32-24-21-7-5-4-6-20(21)23(26-27-24)17-8-10-18(25)11-9-17/h4-11,16,19H,3,12-15H2,1-2H3/t16-,19-/m1/s1. The lowest BCUT2D eigenvalue weighted by molar-refractivity contribution is -0.132. The van der Waals surface area contributed by atoms with E-state index in [9.17, 15) is 17.6 Å². The average Bonchev–Trinajstić information content (AvgIpc) is 3.17. The summed E-state index contributed by atoms with van der Waals surface area (Å²) in [6.07, 6.45) is 1.24. The van der Waals surface area contributed by atoms with Crippen molar-refractivity contribution in [3.63, 3.8) is 0 Å². The zero-order valence-electron chi connectivity index (χ0n) is 18.6. The molecule has 9 heteroatoms.